The molecule has 1 N–H and O–H groups in total. The number of anilines is 1. The minimum absolute atomic E-state index is 0.104. The Kier molecular flexibility index (Phi) is 3.70. The van der Waals surface area contributed by atoms with Crippen LogP contribution < -0.4 is 10.4 Å². The number of nitrogens with zero attached hydrogens (tertiary/aromatic N) is 2. The van der Waals surface area contributed by atoms with E-state index in [1.54, 1.807) is 10.3 Å². The molecule has 1 aromatic heterocycles. The first kappa shape index (κ1) is 12.0. The number of aromatic nitrogens is 1. The van der Waals surface area contributed by atoms with Gasteiger partial charge in [-0.15, -0.1) is 11.3 Å². The second-order valence-corrected chi connectivity index (χ2v) is 4.51. The zero-order chi connectivity index (χ0) is 12.3. The molecule has 0 saturated carbocycles. The van der Waals surface area contributed by atoms with Crippen LogP contribution in [0.1, 0.15) is 18.5 Å². The summed E-state index contributed by atoms with van der Waals surface area (Å²) >= 11 is 1.38. The van der Waals surface area contributed by atoms with Crippen molar-refractivity contribution in [3.63, 3.8) is 0 Å². The van der Waals surface area contributed by atoms with Crippen LogP contribution >= 0.6 is 11.3 Å². The molecule has 2 heterocycles. The number of thiazole rings is 1. The van der Waals surface area contributed by atoms with Crippen molar-refractivity contribution in [2.24, 2.45) is 0 Å². The van der Waals surface area contributed by atoms with Gasteiger partial charge in [0.25, 0.3) is 0 Å². The fraction of sp³-hybridized carbons (Fsp3) is 0.500. The van der Waals surface area contributed by atoms with Gasteiger partial charge in [-0.3, -0.25) is 19.3 Å². The van der Waals surface area contributed by atoms with Crippen molar-refractivity contribution in [2.45, 2.75) is 19.3 Å². The molecule has 0 aliphatic carbocycles. The van der Waals surface area contributed by atoms with Gasteiger partial charge in [-0.25, -0.2) is 10.5 Å². The molecule has 1 aromatic rings. The molecule has 92 valence electrons. The topological polar surface area (TPSA) is 71.5 Å². The highest BCUT2D eigenvalue weighted by atomic mass is 32.1. The Bertz CT molecular complexity index is 432. The Morgan fingerprint density at radius 1 is 1.71 bits per heavy atom. The maximum atomic E-state index is 11.5. The van der Waals surface area contributed by atoms with Crippen LogP contribution in [0.3, 0.4) is 0 Å². The number of nitrogens with one attached hydrogen (secondary N) is 1. The van der Waals surface area contributed by atoms with Crippen LogP contribution in [0.25, 0.3) is 0 Å². The largest absolute Gasteiger partial charge is 0.288 e. The van der Waals surface area contributed by atoms with Crippen LogP contribution in [0.2, 0.25) is 0 Å². The smallest absolute Gasteiger partial charge is 0.249 e. The number of carbonyl (C=O) groups is 2. The first-order chi connectivity index (χ1) is 8.20. The molecule has 2 rings (SSSR count). The van der Waals surface area contributed by atoms with Crippen molar-refractivity contribution in [1.29, 1.82) is 0 Å². The summed E-state index contributed by atoms with van der Waals surface area (Å²) in [5.41, 5.74) is 2.88. The van der Waals surface area contributed by atoms with Crippen molar-refractivity contribution in [3.05, 3.63) is 11.1 Å². The van der Waals surface area contributed by atoms with Gasteiger partial charge >= 0.3 is 0 Å². The molecule has 1 aliphatic heterocycles. The number of amides is 2. The average molecular weight is 255 g/mol. The number of hydroxylamine groups is 1. The summed E-state index contributed by atoms with van der Waals surface area (Å²) < 4.78 is 0. The lowest BCUT2D eigenvalue weighted by atomic mass is 10.3. The first-order valence-electron chi connectivity index (χ1n) is 5.27. The zero-order valence-corrected chi connectivity index (χ0v) is 10.2. The first-order valence-corrected chi connectivity index (χ1v) is 6.15. The minimum Gasteiger partial charge on any atom is -0.288 e. The molecule has 1 saturated heterocycles. The second kappa shape index (κ2) is 5.24. The van der Waals surface area contributed by atoms with Crippen LogP contribution in [0.4, 0.5) is 5.13 Å². The van der Waals surface area contributed by atoms with E-state index in [9.17, 15) is 9.59 Å². The molecular weight excluding hydrogens is 242 g/mol. The quantitative estimate of drug-likeness (QED) is 0.795. The standard InChI is InChI=1S/C10H13N3O3S/c1-16-12-8(14)5-7-6-17-10(11-7)13-4-2-3-9(13)15/h6H,2-5H2,1H3,(H,12,14). The molecule has 6 nitrogen and oxygen atoms in total. The summed E-state index contributed by atoms with van der Waals surface area (Å²) in [5, 5.41) is 2.46. The van der Waals surface area contributed by atoms with Crippen molar-refractivity contribution < 1.29 is 14.4 Å². The van der Waals surface area contributed by atoms with Gasteiger partial charge in [-0.1, -0.05) is 0 Å². The van der Waals surface area contributed by atoms with Gasteiger partial charge in [0.05, 0.1) is 19.2 Å². The summed E-state index contributed by atoms with van der Waals surface area (Å²) in [6.07, 6.45) is 1.61. The lowest BCUT2D eigenvalue weighted by Crippen LogP contribution is -2.25. The van der Waals surface area contributed by atoms with E-state index in [0.717, 1.165) is 13.0 Å². The van der Waals surface area contributed by atoms with Gasteiger partial charge in [0, 0.05) is 18.3 Å². The third-order valence-corrected chi connectivity index (χ3v) is 3.31. The predicted molar refractivity (Wildman–Crippen MR) is 62.6 cm³/mol. The summed E-state index contributed by atoms with van der Waals surface area (Å²) in [6.45, 7) is 0.718. The molecule has 0 bridgehead atoms. The molecular formula is C10H13N3O3S. The van der Waals surface area contributed by atoms with E-state index in [-0.39, 0.29) is 18.2 Å². The van der Waals surface area contributed by atoms with E-state index >= 15 is 0 Å². The minimum atomic E-state index is -0.253. The number of carbonyl (C=O) groups excluding carboxylic acids is 2. The van der Waals surface area contributed by atoms with E-state index in [0.29, 0.717) is 17.2 Å². The highest BCUT2D eigenvalue weighted by Crippen LogP contribution is 2.25. The number of hydrogen-bond donors (Lipinski definition) is 1. The lowest BCUT2D eigenvalue weighted by Gasteiger charge is -2.10. The highest BCUT2D eigenvalue weighted by molar-refractivity contribution is 7.14. The summed E-state index contributed by atoms with van der Waals surface area (Å²) in [6, 6.07) is 0. The van der Waals surface area contributed by atoms with E-state index in [4.69, 9.17) is 0 Å². The summed E-state index contributed by atoms with van der Waals surface area (Å²) in [7, 11) is 1.38. The van der Waals surface area contributed by atoms with Crippen LogP contribution in [-0.4, -0.2) is 30.5 Å². The number of hydrogen-bond acceptors (Lipinski definition) is 5. The van der Waals surface area contributed by atoms with Gasteiger partial charge in [-0.2, -0.15) is 0 Å². The molecule has 0 aromatic carbocycles. The van der Waals surface area contributed by atoms with Gasteiger partial charge in [0.15, 0.2) is 5.13 Å². The van der Waals surface area contributed by atoms with Crippen molar-refractivity contribution in [1.82, 2.24) is 10.5 Å². The average Bonchev–Trinajstić information content (AvgIpc) is 2.87. The van der Waals surface area contributed by atoms with E-state index in [1.165, 1.54) is 18.4 Å². The van der Waals surface area contributed by atoms with Crippen LogP contribution in [0.15, 0.2) is 5.38 Å². The molecule has 17 heavy (non-hydrogen) atoms. The molecule has 0 spiro atoms. The fourth-order valence-corrected chi connectivity index (χ4v) is 2.53. The van der Waals surface area contributed by atoms with E-state index in [2.05, 4.69) is 15.3 Å². The number of rotatable bonds is 4. The monoisotopic (exact) mass is 255 g/mol. The Morgan fingerprint density at radius 3 is 3.18 bits per heavy atom. The molecule has 2 amide bonds. The Labute approximate surface area is 103 Å². The summed E-state index contributed by atoms with van der Waals surface area (Å²) in [4.78, 5) is 33.2. The van der Waals surface area contributed by atoms with E-state index in [1.807, 2.05) is 0 Å². The molecule has 1 aliphatic rings. The van der Waals surface area contributed by atoms with Gasteiger partial charge in [-0.05, 0) is 6.42 Å². The van der Waals surface area contributed by atoms with Crippen LogP contribution in [0.5, 0.6) is 0 Å². The SMILES string of the molecule is CONC(=O)Cc1csc(N2CCCC2=O)n1. The van der Waals surface area contributed by atoms with Crippen molar-refractivity contribution in [3.8, 4) is 0 Å². The maximum Gasteiger partial charge on any atom is 0.249 e. The summed E-state index contributed by atoms with van der Waals surface area (Å²) in [5.74, 6) is -0.149. The van der Waals surface area contributed by atoms with Crippen LogP contribution in [-0.2, 0) is 20.8 Å². The van der Waals surface area contributed by atoms with Crippen molar-refractivity contribution in [2.75, 3.05) is 18.6 Å². The fourth-order valence-electron chi connectivity index (χ4n) is 1.67. The molecule has 7 heteroatoms. The molecule has 0 unspecified atom stereocenters. The third-order valence-electron chi connectivity index (χ3n) is 2.40. The predicted octanol–water partition coefficient (Wildman–Crippen LogP) is 0.490. The second-order valence-electron chi connectivity index (χ2n) is 3.68. The third kappa shape index (κ3) is 2.80. The maximum absolute atomic E-state index is 11.5. The lowest BCUT2D eigenvalue weighted by molar-refractivity contribution is -0.130. The molecule has 1 fully saturated rings. The Hall–Kier alpha value is -1.47. The van der Waals surface area contributed by atoms with Crippen LogP contribution in [0, 0.1) is 0 Å². The highest BCUT2D eigenvalue weighted by Gasteiger charge is 2.24. The van der Waals surface area contributed by atoms with Gasteiger partial charge in [0.1, 0.15) is 0 Å². The van der Waals surface area contributed by atoms with Gasteiger partial charge in [0.2, 0.25) is 11.8 Å². The Balaban J connectivity index is 2.00. The van der Waals surface area contributed by atoms with Crippen molar-refractivity contribution >= 4 is 28.3 Å². The molecule has 0 radical (unpaired) electrons. The Morgan fingerprint density at radius 2 is 2.53 bits per heavy atom. The normalized spacial score (nSPS) is 15.4. The van der Waals surface area contributed by atoms with Gasteiger partial charge < -0.3 is 0 Å². The zero-order valence-electron chi connectivity index (χ0n) is 9.43. The van der Waals surface area contributed by atoms with E-state index < -0.39 is 0 Å². The molecule has 0 atom stereocenters.